The van der Waals surface area contributed by atoms with E-state index in [4.69, 9.17) is 5.11 Å². The van der Waals surface area contributed by atoms with Crippen molar-refractivity contribution in [3.63, 3.8) is 0 Å². The van der Waals surface area contributed by atoms with E-state index in [9.17, 15) is 18.0 Å². The lowest BCUT2D eigenvalue weighted by Crippen LogP contribution is -2.49. The average Bonchev–Trinajstić information content (AvgIpc) is 2.42. The number of nitrogens with one attached hydrogen (secondary N) is 1. The summed E-state index contributed by atoms with van der Waals surface area (Å²) in [5, 5.41) is 10.6. The Bertz CT molecular complexity index is 406. The van der Waals surface area contributed by atoms with Gasteiger partial charge in [-0.15, -0.1) is 0 Å². The quantitative estimate of drug-likeness (QED) is 0.745. The standard InChI is InChI=1S/C9H16N2O5S/c1-2-17(15,16)11-6-4-3-5-7(8(11)12)10-9(13)14/h7,10H,2-6H2,1H3,(H,13,14)/t7-/m0/s1. The van der Waals surface area contributed by atoms with Gasteiger partial charge < -0.3 is 10.4 Å². The maximum Gasteiger partial charge on any atom is 0.405 e. The van der Waals surface area contributed by atoms with E-state index in [-0.39, 0.29) is 12.3 Å². The van der Waals surface area contributed by atoms with Crippen molar-refractivity contribution >= 4 is 22.0 Å². The van der Waals surface area contributed by atoms with Gasteiger partial charge in [-0.2, -0.15) is 0 Å². The van der Waals surface area contributed by atoms with E-state index in [1.54, 1.807) is 0 Å². The number of rotatable bonds is 3. The Kier molecular flexibility index (Phi) is 4.33. The fraction of sp³-hybridized carbons (Fsp3) is 0.778. The van der Waals surface area contributed by atoms with Crippen molar-refractivity contribution in [2.24, 2.45) is 0 Å². The molecule has 8 heteroatoms. The molecular formula is C9H16N2O5S. The van der Waals surface area contributed by atoms with Crippen LogP contribution in [0.25, 0.3) is 0 Å². The molecule has 17 heavy (non-hydrogen) atoms. The Hall–Kier alpha value is -1.31. The van der Waals surface area contributed by atoms with Gasteiger partial charge in [-0.1, -0.05) is 0 Å². The van der Waals surface area contributed by atoms with Gasteiger partial charge >= 0.3 is 6.09 Å². The minimum atomic E-state index is -3.61. The third kappa shape index (κ3) is 3.32. The highest BCUT2D eigenvalue weighted by molar-refractivity contribution is 7.89. The number of hydrogen-bond acceptors (Lipinski definition) is 4. The molecule has 0 bridgehead atoms. The number of carbonyl (C=O) groups excluding carboxylic acids is 1. The lowest BCUT2D eigenvalue weighted by atomic mass is 10.1. The van der Waals surface area contributed by atoms with E-state index in [1.807, 2.05) is 0 Å². The van der Waals surface area contributed by atoms with E-state index in [0.29, 0.717) is 19.3 Å². The van der Waals surface area contributed by atoms with Crippen LogP contribution < -0.4 is 5.32 Å². The molecule has 1 heterocycles. The van der Waals surface area contributed by atoms with Crippen LogP contribution in [0.3, 0.4) is 0 Å². The summed E-state index contributed by atoms with van der Waals surface area (Å²) in [6, 6.07) is -0.962. The zero-order valence-electron chi connectivity index (χ0n) is 9.55. The molecule has 98 valence electrons. The minimum Gasteiger partial charge on any atom is -0.465 e. The molecule has 1 atom stereocenters. The number of nitrogens with zero attached hydrogens (tertiary/aromatic N) is 1. The predicted molar refractivity (Wildman–Crippen MR) is 60.0 cm³/mol. The highest BCUT2D eigenvalue weighted by Gasteiger charge is 2.34. The van der Waals surface area contributed by atoms with Crippen LogP contribution >= 0.6 is 0 Å². The van der Waals surface area contributed by atoms with E-state index < -0.39 is 28.1 Å². The number of sulfonamides is 1. The summed E-state index contributed by atoms with van der Waals surface area (Å²) < 4.78 is 24.1. The minimum absolute atomic E-state index is 0.132. The second-order valence-corrected chi connectivity index (χ2v) is 5.99. The van der Waals surface area contributed by atoms with E-state index in [0.717, 1.165) is 4.31 Å². The van der Waals surface area contributed by atoms with E-state index >= 15 is 0 Å². The lowest BCUT2D eigenvalue weighted by Gasteiger charge is -2.23. The summed E-state index contributed by atoms with van der Waals surface area (Å²) in [5.74, 6) is -0.842. The van der Waals surface area contributed by atoms with Gasteiger partial charge in [-0.25, -0.2) is 17.5 Å². The van der Waals surface area contributed by atoms with Crippen LogP contribution in [0.5, 0.6) is 0 Å². The zero-order valence-corrected chi connectivity index (χ0v) is 10.4. The fourth-order valence-electron chi connectivity index (χ4n) is 1.73. The van der Waals surface area contributed by atoms with Crippen molar-refractivity contribution in [1.82, 2.24) is 9.62 Å². The summed E-state index contributed by atoms with van der Waals surface area (Å²) >= 11 is 0. The molecule has 7 nitrogen and oxygen atoms in total. The average molecular weight is 264 g/mol. The van der Waals surface area contributed by atoms with Crippen LogP contribution in [0.2, 0.25) is 0 Å². The van der Waals surface area contributed by atoms with Gasteiger partial charge in [0.05, 0.1) is 5.75 Å². The van der Waals surface area contributed by atoms with Crippen LogP contribution in [0, 0.1) is 0 Å². The van der Waals surface area contributed by atoms with Gasteiger partial charge in [0, 0.05) is 6.54 Å². The first kappa shape index (κ1) is 13.8. The Morgan fingerprint density at radius 3 is 2.71 bits per heavy atom. The molecule has 0 aromatic carbocycles. The summed E-state index contributed by atoms with van der Waals surface area (Å²) in [6.45, 7) is 1.58. The molecular weight excluding hydrogens is 248 g/mol. The van der Waals surface area contributed by atoms with Gasteiger partial charge in [-0.05, 0) is 26.2 Å². The number of carbonyl (C=O) groups is 2. The lowest BCUT2D eigenvalue weighted by molar-refractivity contribution is -0.128. The second kappa shape index (κ2) is 5.35. The van der Waals surface area contributed by atoms with Gasteiger partial charge in [-0.3, -0.25) is 4.79 Å². The van der Waals surface area contributed by atoms with Crippen molar-refractivity contribution in [2.75, 3.05) is 12.3 Å². The third-order valence-corrected chi connectivity index (χ3v) is 4.41. The molecule has 2 amide bonds. The molecule has 1 aliphatic heterocycles. The molecule has 0 unspecified atom stereocenters. The van der Waals surface area contributed by atoms with Crippen LogP contribution in [0.4, 0.5) is 4.79 Å². The molecule has 0 aromatic heterocycles. The largest absolute Gasteiger partial charge is 0.465 e. The van der Waals surface area contributed by atoms with Crippen molar-refractivity contribution < 1.29 is 23.1 Å². The van der Waals surface area contributed by atoms with Crippen LogP contribution in [0.1, 0.15) is 26.2 Å². The maximum absolute atomic E-state index is 11.9. The van der Waals surface area contributed by atoms with Gasteiger partial charge in [0.1, 0.15) is 6.04 Å². The molecule has 0 radical (unpaired) electrons. The first-order valence-electron chi connectivity index (χ1n) is 5.42. The first-order chi connectivity index (χ1) is 7.88. The molecule has 0 spiro atoms. The summed E-state index contributed by atoms with van der Waals surface area (Å²) in [4.78, 5) is 22.4. The van der Waals surface area contributed by atoms with Crippen molar-refractivity contribution in [1.29, 1.82) is 0 Å². The number of amides is 2. The summed E-state index contributed by atoms with van der Waals surface area (Å²) in [5.41, 5.74) is 0. The second-order valence-electron chi connectivity index (χ2n) is 3.81. The highest BCUT2D eigenvalue weighted by Crippen LogP contribution is 2.15. The van der Waals surface area contributed by atoms with Crippen molar-refractivity contribution in [2.45, 2.75) is 32.2 Å². The van der Waals surface area contributed by atoms with Crippen LogP contribution in [-0.2, 0) is 14.8 Å². The monoisotopic (exact) mass is 264 g/mol. The SMILES string of the molecule is CCS(=O)(=O)N1CCCC[C@H](NC(=O)O)C1=O. The normalized spacial score (nSPS) is 22.1. The molecule has 1 saturated heterocycles. The Morgan fingerprint density at radius 1 is 1.53 bits per heavy atom. The molecule has 0 aromatic rings. The van der Waals surface area contributed by atoms with Gasteiger partial charge in [0.2, 0.25) is 10.0 Å². The molecule has 1 aliphatic rings. The van der Waals surface area contributed by atoms with E-state index in [1.165, 1.54) is 6.92 Å². The van der Waals surface area contributed by atoms with Crippen molar-refractivity contribution in [3.8, 4) is 0 Å². The maximum atomic E-state index is 11.9. The summed E-state index contributed by atoms with van der Waals surface area (Å²) in [7, 11) is -3.61. The predicted octanol–water partition coefficient (Wildman–Crippen LogP) is -0.0152. The van der Waals surface area contributed by atoms with E-state index in [2.05, 4.69) is 5.32 Å². The van der Waals surface area contributed by atoms with Crippen LogP contribution in [-0.4, -0.2) is 48.2 Å². The zero-order chi connectivity index (χ0) is 13.1. The Labute approximate surface area is 99.8 Å². The molecule has 1 fully saturated rings. The Morgan fingerprint density at radius 2 is 2.18 bits per heavy atom. The molecule has 0 saturated carbocycles. The molecule has 2 N–H and O–H groups in total. The van der Waals surface area contributed by atoms with Gasteiger partial charge in [0.15, 0.2) is 0 Å². The van der Waals surface area contributed by atoms with Crippen molar-refractivity contribution in [3.05, 3.63) is 0 Å². The highest BCUT2D eigenvalue weighted by atomic mass is 32.2. The smallest absolute Gasteiger partial charge is 0.405 e. The number of carboxylic acid groups (broad SMARTS) is 1. The Balaban J connectivity index is 2.92. The molecule has 0 aliphatic carbocycles. The third-order valence-electron chi connectivity index (χ3n) is 2.65. The first-order valence-corrected chi connectivity index (χ1v) is 7.03. The molecule has 1 rings (SSSR count). The summed E-state index contributed by atoms with van der Waals surface area (Å²) in [6.07, 6.45) is 0.190. The topological polar surface area (TPSA) is 104 Å². The number of hydrogen-bond donors (Lipinski definition) is 2. The fourth-order valence-corrected chi connectivity index (χ4v) is 2.85. The van der Waals surface area contributed by atoms with Gasteiger partial charge in [0.25, 0.3) is 5.91 Å². The van der Waals surface area contributed by atoms with Crippen LogP contribution in [0.15, 0.2) is 0 Å².